The second kappa shape index (κ2) is 6.76. The summed E-state index contributed by atoms with van der Waals surface area (Å²) in [5.74, 6) is -1.85. The third-order valence-corrected chi connectivity index (χ3v) is 1.53. The molecule has 0 aliphatic heterocycles. The minimum absolute atomic E-state index is 0.104. The van der Waals surface area contributed by atoms with Crippen LogP contribution in [0, 0.1) is 0 Å². The van der Waals surface area contributed by atoms with Gasteiger partial charge in [0.15, 0.2) is 0 Å². The van der Waals surface area contributed by atoms with Crippen molar-refractivity contribution in [2.75, 3.05) is 13.2 Å². The first-order valence-electron chi connectivity index (χ1n) is 5.19. The van der Waals surface area contributed by atoms with Crippen LogP contribution < -0.4 is 5.73 Å². The first-order chi connectivity index (χ1) is 6.95. The van der Waals surface area contributed by atoms with Crippen LogP contribution in [0.25, 0.3) is 0 Å². The lowest BCUT2D eigenvalue weighted by Crippen LogP contribution is -2.44. The van der Waals surface area contributed by atoms with Gasteiger partial charge in [-0.3, -0.25) is 4.79 Å². The van der Waals surface area contributed by atoms with E-state index in [2.05, 4.69) is 0 Å². The molecule has 0 atom stereocenters. The first kappa shape index (κ1) is 14.3. The Labute approximate surface area is 90.9 Å². The lowest BCUT2D eigenvalue weighted by atomic mass is 10.3. The van der Waals surface area contributed by atoms with Crippen molar-refractivity contribution in [3.63, 3.8) is 0 Å². The van der Waals surface area contributed by atoms with Crippen LogP contribution in [-0.2, 0) is 19.0 Å². The van der Waals surface area contributed by atoms with Crippen LogP contribution in [0.1, 0.15) is 34.1 Å². The predicted molar refractivity (Wildman–Crippen MR) is 56.0 cm³/mol. The van der Waals surface area contributed by atoms with Gasteiger partial charge in [0.25, 0.3) is 5.97 Å². The highest BCUT2D eigenvalue weighted by Gasteiger charge is 2.36. The Morgan fingerprint density at radius 3 is 2.00 bits per heavy atom. The molecule has 0 aromatic rings. The van der Waals surface area contributed by atoms with Crippen molar-refractivity contribution in [3.05, 3.63) is 0 Å². The van der Waals surface area contributed by atoms with Crippen molar-refractivity contribution in [1.82, 2.24) is 0 Å². The molecule has 2 N–H and O–H groups in total. The van der Waals surface area contributed by atoms with Gasteiger partial charge < -0.3 is 19.9 Å². The molecule has 0 radical (unpaired) electrons. The van der Waals surface area contributed by atoms with Crippen molar-refractivity contribution in [1.29, 1.82) is 0 Å². The topological polar surface area (TPSA) is 70.8 Å². The molecule has 90 valence electrons. The fraction of sp³-hybridized carbons (Fsp3) is 0.900. The summed E-state index contributed by atoms with van der Waals surface area (Å²) in [6, 6.07) is 0. The van der Waals surface area contributed by atoms with Gasteiger partial charge in [-0.1, -0.05) is 0 Å². The molecule has 5 nitrogen and oxygen atoms in total. The van der Waals surface area contributed by atoms with Gasteiger partial charge in [-0.2, -0.15) is 0 Å². The number of carbonyl (C=O) groups is 1. The Bertz CT molecular complexity index is 188. The summed E-state index contributed by atoms with van der Waals surface area (Å²) in [4.78, 5) is 10.9. The summed E-state index contributed by atoms with van der Waals surface area (Å²) in [5.41, 5.74) is 5.14. The molecule has 0 aromatic heterocycles. The lowest BCUT2D eigenvalue weighted by Gasteiger charge is -2.33. The number of ether oxygens (including phenoxy) is 3. The van der Waals surface area contributed by atoms with Gasteiger partial charge >= 0.3 is 0 Å². The molecule has 0 saturated carbocycles. The van der Waals surface area contributed by atoms with Gasteiger partial charge in [0.1, 0.15) is 6.42 Å². The summed E-state index contributed by atoms with van der Waals surface area (Å²) in [6.45, 7) is 8.07. The smallest absolute Gasteiger partial charge is 0.292 e. The molecule has 0 aliphatic rings. The van der Waals surface area contributed by atoms with Crippen molar-refractivity contribution >= 4 is 5.91 Å². The molecule has 0 spiro atoms. The highest BCUT2D eigenvalue weighted by molar-refractivity contribution is 5.74. The number of nitrogens with two attached hydrogens (primary N) is 1. The maximum Gasteiger partial charge on any atom is 0.292 e. The Kier molecular flexibility index (Phi) is 6.47. The SMILES string of the molecule is CCOC(CC(N)=O)(OCC)OC(C)C. The fourth-order valence-corrected chi connectivity index (χ4v) is 1.27. The van der Waals surface area contributed by atoms with Crippen molar-refractivity contribution < 1.29 is 19.0 Å². The predicted octanol–water partition coefficient (Wildman–Crippen LogP) is 1.01. The third-order valence-electron chi connectivity index (χ3n) is 1.53. The Balaban J connectivity index is 4.62. The number of hydrogen-bond donors (Lipinski definition) is 1. The van der Waals surface area contributed by atoms with E-state index in [1.165, 1.54) is 0 Å². The second-order valence-corrected chi connectivity index (χ2v) is 3.36. The molecular weight excluding hydrogens is 198 g/mol. The second-order valence-electron chi connectivity index (χ2n) is 3.36. The number of hydrogen-bond acceptors (Lipinski definition) is 4. The largest absolute Gasteiger partial charge is 0.369 e. The molecule has 0 aliphatic carbocycles. The number of primary amides is 1. The Morgan fingerprint density at radius 1 is 1.27 bits per heavy atom. The Morgan fingerprint density at radius 2 is 1.73 bits per heavy atom. The van der Waals surface area contributed by atoms with E-state index in [0.29, 0.717) is 13.2 Å². The fourth-order valence-electron chi connectivity index (χ4n) is 1.27. The zero-order chi connectivity index (χ0) is 11.9. The molecule has 1 amide bonds. The summed E-state index contributed by atoms with van der Waals surface area (Å²) < 4.78 is 16.2. The molecule has 0 heterocycles. The van der Waals surface area contributed by atoms with E-state index in [1.807, 2.05) is 13.8 Å². The summed E-state index contributed by atoms with van der Waals surface area (Å²) in [7, 11) is 0. The summed E-state index contributed by atoms with van der Waals surface area (Å²) >= 11 is 0. The van der Waals surface area contributed by atoms with E-state index in [-0.39, 0.29) is 12.5 Å². The molecule has 15 heavy (non-hydrogen) atoms. The van der Waals surface area contributed by atoms with E-state index >= 15 is 0 Å². The molecule has 0 saturated heterocycles. The van der Waals surface area contributed by atoms with Crippen LogP contribution >= 0.6 is 0 Å². The van der Waals surface area contributed by atoms with Crippen LogP contribution in [0.2, 0.25) is 0 Å². The average molecular weight is 219 g/mol. The van der Waals surface area contributed by atoms with Crippen LogP contribution in [-0.4, -0.2) is 31.2 Å². The van der Waals surface area contributed by atoms with E-state index in [0.717, 1.165) is 0 Å². The molecule has 5 heteroatoms. The van der Waals surface area contributed by atoms with Crippen LogP contribution in [0.3, 0.4) is 0 Å². The third kappa shape index (κ3) is 5.71. The van der Waals surface area contributed by atoms with Gasteiger partial charge in [0.2, 0.25) is 5.91 Å². The van der Waals surface area contributed by atoms with Gasteiger partial charge in [-0.05, 0) is 27.7 Å². The van der Waals surface area contributed by atoms with E-state index < -0.39 is 11.9 Å². The van der Waals surface area contributed by atoms with Gasteiger partial charge in [0, 0.05) is 13.2 Å². The number of rotatable bonds is 8. The zero-order valence-corrected chi connectivity index (χ0v) is 9.91. The van der Waals surface area contributed by atoms with E-state index in [1.54, 1.807) is 13.8 Å². The van der Waals surface area contributed by atoms with Crippen molar-refractivity contribution in [3.8, 4) is 0 Å². The lowest BCUT2D eigenvalue weighted by molar-refractivity contribution is -0.386. The van der Waals surface area contributed by atoms with Crippen LogP contribution in [0.15, 0.2) is 0 Å². The minimum Gasteiger partial charge on any atom is -0.369 e. The van der Waals surface area contributed by atoms with Gasteiger partial charge in [0.05, 0.1) is 6.10 Å². The summed E-state index contributed by atoms with van der Waals surface area (Å²) in [6.07, 6.45) is -0.213. The van der Waals surface area contributed by atoms with Crippen LogP contribution in [0.4, 0.5) is 0 Å². The summed E-state index contributed by atoms with van der Waals surface area (Å²) in [5, 5.41) is 0. The molecule has 0 rings (SSSR count). The molecule has 0 fully saturated rings. The maximum atomic E-state index is 10.9. The highest BCUT2D eigenvalue weighted by atomic mass is 16.9. The first-order valence-corrected chi connectivity index (χ1v) is 5.19. The number of carbonyl (C=O) groups excluding carboxylic acids is 1. The van der Waals surface area contributed by atoms with Gasteiger partial charge in [-0.15, -0.1) is 0 Å². The monoisotopic (exact) mass is 219 g/mol. The normalized spacial score (nSPS) is 12.1. The van der Waals surface area contributed by atoms with Gasteiger partial charge in [-0.25, -0.2) is 0 Å². The van der Waals surface area contributed by atoms with E-state index in [4.69, 9.17) is 19.9 Å². The standard InChI is InChI=1S/C10H21NO4/c1-5-13-10(14-6-2,7-9(11)12)15-8(3)4/h8H,5-7H2,1-4H3,(H2,11,12). The molecular formula is C10H21NO4. The van der Waals surface area contributed by atoms with Crippen molar-refractivity contribution in [2.45, 2.75) is 46.2 Å². The van der Waals surface area contributed by atoms with E-state index in [9.17, 15) is 4.79 Å². The molecule has 0 unspecified atom stereocenters. The Hall–Kier alpha value is -0.650. The molecule has 0 aromatic carbocycles. The molecule has 0 bridgehead atoms. The van der Waals surface area contributed by atoms with Crippen LogP contribution in [0.5, 0.6) is 0 Å². The highest BCUT2D eigenvalue weighted by Crippen LogP contribution is 2.21. The zero-order valence-electron chi connectivity index (χ0n) is 9.91. The maximum absolute atomic E-state index is 10.9. The number of amides is 1. The average Bonchev–Trinajstić information content (AvgIpc) is 2.01. The minimum atomic E-state index is -1.33. The van der Waals surface area contributed by atoms with Crippen molar-refractivity contribution in [2.24, 2.45) is 5.73 Å². The quantitative estimate of drug-likeness (QED) is 0.618.